The molecule has 0 bridgehead atoms. The molecule has 23 heavy (non-hydrogen) atoms. The van der Waals surface area contributed by atoms with Crippen LogP contribution in [-0.4, -0.2) is 13.2 Å². The minimum Gasteiger partial charge on any atom is -0.494 e. The lowest BCUT2D eigenvalue weighted by Gasteiger charge is -2.18. The lowest BCUT2D eigenvalue weighted by Crippen LogP contribution is -2.23. The Hall–Kier alpha value is -1.80. The van der Waals surface area contributed by atoms with E-state index >= 15 is 0 Å². The lowest BCUT2D eigenvalue weighted by molar-refractivity contribution is 0.317. The van der Waals surface area contributed by atoms with E-state index < -0.39 is 0 Å². The standard InChI is InChI=1S/C21H29NO/c1-4-16-23-20-12-10-19(11-13-20)21(5-2)22-15-14-18-9-7-6-8-17(18)3/h6-13,21-22H,4-5,14-16H2,1-3H3. The van der Waals surface area contributed by atoms with E-state index in [9.17, 15) is 0 Å². The van der Waals surface area contributed by atoms with Crippen molar-refractivity contribution in [3.63, 3.8) is 0 Å². The minimum absolute atomic E-state index is 0.402. The Morgan fingerprint density at radius 1 is 1.00 bits per heavy atom. The van der Waals surface area contributed by atoms with Crippen LogP contribution in [-0.2, 0) is 6.42 Å². The molecule has 2 rings (SSSR count). The number of ether oxygens (including phenoxy) is 1. The molecule has 0 aromatic heterocycles. The van der Waals surface area contributed by atoms with Gasteiger partial charge in [-0.3, -0.25) is 0 Å². The molecule has 2 heteroatoms. The van der Waals surface area contributed by atoms with Gasteiger partial charge >= 0.3 is 0 Å². The molecule has 2 nitrogen and oxygen atoms in total. The highest BCUT2D eigenvalue weighted by atomic mass is 16.5. The Balaban J connectivity index is 1.88. The summed E-state index contributed by atoms with van der Waals surface area (Å²) in [6.45, 7) is 8.32. The van der Waals surface area contributed by atoms with Gasteiger partial charge in [0.2, 0.25) is 0 Å². The molecule has 0 aliphatic carbocycles. The van der Waals surface area contributed by atoms with Crippen LogP contribution in [0.1, 0.15) is 49.4 Å². The first-order chi connectivity index (χ1) is 11.2. The number of benzene rings is 2. The summed E-state index contributed by atoms with van der Waals surface area (Å²) in [4.78, 5) is 0. The van der Waals surface area contributed by atoms with Crippen molar-refractivity contribution in [2.75, 3.05) is 13.2 Å². The van der Waals surface area contributed by atoms with Crippen LogP contribution in [0, 0.1) is 6.92 Å². The quantitative estimate of drug-likeness (QED) is 0.698. The van der Waals surface area contributed by atoms with E-state index in [1.807, 2.05) is 0 Å². The van der Waals surface area contributed by atoms with Gasteiger partial charge < -0.3 is 10.1 Å². The van der Waals surface area contributed by atoms with Gasteiger partial charge in [-0.05, 0) is 61.6 Å². The number of rotatable bonds is 9. The van der Waals surface area contributed by atoms with Gasteiger partial charge in [-0.2, -0.15) is 0 Å². The van der Waals surface area contributed by atoms with E-state index in [-0.39, 0.29) is 0 Å². The molecule has 1 unspecified atom stereocenters. The number of nitrogens with one attached hydrogen (secondary N) is 1. The SMILES string of the molecule is CCCOc1ccc(C(CC)NCCc2ccccc2C)cc1. The Morgan fingerprint density at radius 2 is 1.74 bits per heavy atom. The van der Waals surface area contributed by atoms with Gasteiger partial charge in [0.1, 0.15) is 5.75 Å². The Kier molecular flexibility index (Phi) is 7.15. The fourth-order valence-electron chi connectivity index (χ4n) is 2.79. The highest BCUT2D eigenvalue weighted by Gasteiger charge is 2.09. The predicted octanol–water partition coefficient (Wildman–Crippen LogP) is 5.07. The van der Waals surface area contributed by atoms with Crippen LogP contribution in [0.5, 0.6) is 5.75 Å². The maximum absolute atomic E-state index is 5.66. The molecule has 2 aromatic carbocycles. The molecule has 0 amide bonds. The zero-order valence-electron chi connectivity index (χ0n) is 14.6. The summed E-state index contributed by atoms with van der Waals surface area (Å²) in [5, 5.41) is 3.68. The Bertz CT molecular complexity index is 577. The van der Waals surface area contributed by atoms with Gasteiger partial charge in [0, 0.05) is 6.04 Å². The van der Waals surface area contributed by atoms with Crippen molar-refractivity contribution in [3.05, 3.63) is 65.2 Å². The van der Waals surface area contributed by atoms with Gasteiger partial charge in [-0.15, -0.1) is 0 Å². The van der Waals surface area contributed by atoms with Crippen LogP contribution >= 0.6 is 0 Å². The van der Waals surface area contributed by atoms with Crippen molar-refractivity contribution >= 4 is 0 Å². The molecular formula is C21H29NO. The first-order valence-electron chi connectivity index (χ1n) is 8.75. The van der Waals surface area contributed by atoms with Crippen LogP contribution in [0.15, 0.2) is 48.5 Å². The third-order valence-electron chi connectivity index (χ3n) is 4.21. The zero-order valence-corrected chi connectivity index (χ0v) is 14.6. The molecule has 0 aliphatic heterocycles. The minimum atomic E-state index is 0.402. The predicted molar refractivity (Wildman–Crippen MR) is 98.1 cm³/mol. The fourth-order valence-corrected chi connectivity index (χ4v) is 2.79. The van der Waals surface area contributed by atoms with E-state index in [2.05, 4.69) is 74.6 Å². The van der Waals surface area contributed by atoms with Gasteiger partial charge in [-0.1, -0.05) is 50.2 Å². The topological polar surface area (TPSA) is 21.3 Å². The van der Waals surface area contributed by atoms with Crippen LogP contribution in [0.3, 0.4) is 0 Å². The first kappa shape index (κ1) is 17.6. The summed E-state index contributed by atoms with van der Waals surface area (Å²) in [7, 11) is 0. The van der Waals surface area contributed by atoms with Gasteiger partial charge in [0.25, 0.3) is 0 Å². The average Bonchev–Trinajstić information content (AvgIpc) is 2.59. The second kappa shape index (κ2) is 9.36. The van der Waals surface area contributed by atoms with Crippen molar-refractivity contribution < 1.29 is 4.74 Å². The number of hydrogen-bond donors (Lipinski definition) is 1. The third kappa shape index (κ3) is 5.40. The maximum atomic E-state index is 5.66. The van der Waals surface area contributed by atoms with Crippen LogP contribution in [0.4, 0.5) is 0 Å². The molecule has 0 saturated heterocycles. The molecular weight excluding hydrogens is 282 g/mol. The third-order valence-corrected chi connectivity index (χ3v) is 4.21. The molecule has 0 saturated carbocycles. The van der Waals surface area contributed by atoms with Crippen molar-refractivity contribution in [3.8, 4) is 5.75 Å². The molecule has 124 valence electrons. The Morgan fingerprint density at radius 3 is 2.39 bits per heavy atom. The molecule has 0 aliphatic rings. The summed E-state index contributed by atoms with van der Waals surface area (Å²) < 4.78 is 5.66. The maximum Gasteiger partial charge on any atom is 0.119 e. The normalized spacial score (nSPS) is 12.1. The molecule has 1 N–H and O–H groups in total. The molecule has 1 atom stereocenters. The van der Waals surface area contributed by atoms with Crippen LogP contribution in [0.25, 0.3) is 0 Å². The van der Waals surface area contributed by atoms with E-state index in [1.165, 1.54) is 16.7 Å². The number of hydrogen-bond acceptors (Lipinski definition) is 2. The van der Waals surface area contributed by atoms with Crippen molar-refractivity contribution in [2.45, 2.75) is 46.1 Å². The summed E-state index contributed by atoms with van der Waals surface area (Å²) in [6, 6.07) is 17.5. The zero-order chi connectivity index (χ0) is 16.5. The second-order valence-corrected chi connectivity index (χ2v) is 6.01. The molecule has 2 aromatic rings. The largest absolute Gasteiger partial charge is 0.494 e. The highest BCUT2D eigenvalue weighted by Crippen LogP contribution is 2.20. The summed E-state index contributed by atoms with van der Waals surface area (Å²) in [6.07, 6.45) is 3.20. The van der Waals surface area contributed by atoms with Crippen molar-refractivity contribution in [1.29, 1.82) is 0 Å². The molecule has 0 radical (unpaired) electrons. The highest BCUT2D eigenvalue weighted by molar-refractivity contribution is 5.29. The van der Waals surface area contributed by atoms with E-state index in [1.54, 1.807) is 0 Å². The Labute approximate surface area is 140 Å². The van der Waals surface area contributed by atoms with E-state index in [4.69, 9.17) is 4.74 Å². The van der Waals surface area contributed by atoms with E-state index in [0.717, 1.165) is 38.2 Å². The average molecular weight is 311 g/mol. The van der Waals surface area contributed by atoms with E-state index in [0.29, 0.717) is 6.04 Å². The van der Waals surface area contributed by atoms with Crippen LogP contribution < -0.4 is 10.1 Å². The first-order valence-corrected chi connectivity index (χ1v) is 8.75. The monoisotopic (exact) mass is 311 g/mol. The smallest absolute Gasteiger partial charge is 0.119 e. The summed E-state index contributed by atoms with van der Waals surface area (Å²) in [5.74, 6) is 0.963. The summed E-state index contributed by atoms with van der Waals surface area (Å²) in [5.41, 5.74) is 4.14. The molecule has 0 heterocycles. The molecule has 0 spiro atoms. The second-order valence-electron chi connectivity index (χ2n) is 6.01. The fraction of sp³-hybridized carbons (Fsp3) is 0.429. The van der Waals surface area contributed by atoms with Gasteiger partial charge in [-0.25, -0.2) is 0 Å². The van der Waals surface area contributed by atoms with Crippen LogP contribution in [0.2, 0.25) is 0 Å². The lowest BCUT2D eigenvalue weighted by atomic mass is 10.0. The molecule has 0 fully saturated rings. The van der Waals surface area contributed by atoms with Gasteiger partial charge in [0.15, 0.2) is 0 Å². The van der Waals surface area contributed by atoms with Crippen molar-refractivity contribution in [2.24, 2.45) is 0 Å². The van der Waals surface area contributed by atoms with Crippen molar-refractivity contribution in [1.82, 2.24) is 5.32 Å². The van der Waals surface area contributed by atoms with Gasteiger partial charge in [0.05, 0.1) is 6.61 Å². The summed E-state index contributed by atoms with van der Waals surface area (Å²) >= 11 is 0. The number of aryl methyl sites for hydroxylation is 1.